The SMILES string of the molecule is CC(C)C1=CCCN(C(C)CCC(C)C2=CCN(C(C)C)C=CC2)C=C1. The molecule has 2 unspecified atom stereocenters. The second-order valence-electron chi connectivity index (χ2n) is 8.69. The van der Waals surface area contributed by atoms with E-state index in [-0.39, 0.29) is 0 Å². The number of allylic oxidation sites excluding steroid dienone is 4. The molecule has 2 heteroatoms. The Hall–Kier alpha value is -1.44. The van der Waals surface area contributed by atoms with E-state index in [0.717, 1.165) is 19.5 Å². The van der Waals surface area contributed by atoms with E-state index in [0.29, 0.717) is 23.9 Å². The Morgan fingerprint density at radius 3 is 2.38 bits per heavy atom. The van der Waals surface area contributed by atoms with Crippen molar-refractivity contribution in [2.75, 3.05) is 13.1 Å². The van der Waals surface area contributed by atoms with Crippen LogP contribution in [0.15, 0.2) is 47.9 Å². The Labute approximate surface area is 162 Å². The van der Waals surface area contributed by atoms with Gasteiger partial charge in [-0.1, -0.05) is 44.6 Å². The van der Waals surface area contributed by atoms with Gasteiger partial charge in [0.1, 0.15) is 0 Å². The van der Waals surface area contributed by atoms with Crippen molar-refractivity contribution in [1.29, 1.82) is 0 Å². The molecule has 26 heavy (non-hydrogen) atoms. The van der Waals surface area contributed by atoms with Gasteiger partial charge in [-0.2, -0.15) is 0 Å². The van der Waals surface area contributed by atoms with Gasteiger partial charge < -0.3 is 9.80 Å². The minimum absolute atomic E-state index is 0.580. The number of hydrogen-bond acceptors (Lipinski definition) is 2. The van der Waals surface area contributed by atoms with Gasteiger partial charge in [-0.05, 0) is 82.3 Å². The van der Waals surface area contributed by atoms with Crippen LogP contribution in [0.1, 0.15) is 67.2 Å². The van der Waals surface area contributed by atoms with Crippen molar-refractivity contribution in [2.24, 2.45) is 11.8 Å². The van der Waals surface area contributed by atoms with Crippen molar-refractivity contribution in [3.8, 4) is 0 Å². The Kier molecular flexibility index (Phi) is 8.06. The van der Waals surface area contributed by atoms with E-state index in [9.17, 15) is 0 Å². The third-order valence-corrected chi connectivity index (χ3v) is 5.99. The van der Waals surface area contributed by atoms with Crippen LogP contribution in [0.25, 0.3) is 0 Å². The highest BCUT2D eigenvalue weighted by Gasteiger charge is 2.16. The lowest BCUT2D eigenvalue weighted by molar-refractivity contribution is 0.273. The van der Waals surface area contributed by atoms with Gasteiger partial charge in [0, 0.05) is 25.2 Å². The Morgan fingerprint density at radius 1 is 0.923 bits per heavy atom. The zero-order valence-corrected chi connectivity index (χ0v) is 17.9. The van der Waals surface area contributed by atoms with Crippen LogP contribution in [0.3, 0.4) is 0 Å². The number of rotatable bonds is 7. The molecule has 0 aromatic heterocycles. The molecule has 0 aromatic carbocycles. The summed E-state index contributed by atoms with van der Waals surface area (Å²) >= 11 is 0. The van der Waals surface area contributed by atoms with Crippen LogP contribution >= 0.6 is 0 Å². The zero-order chi connectivity index (χ0) is 19.1. The first-order valence-corrected chi connectivity index (χ1v) is 10.6. The summed E-state index contributed by atoms with van der Waals surface area (Å²) in [5.74, 6) is 1.30. The molecule has 2 aliphatic heterocycles. The lowest BCUT2D eigenvalue weighted by Crippen LogP contribution is -2.29. The monoisotopic (exact) mass is 356 g/mol. The highest BCUT2D eigenvalue weighted by atomic mass is 15.1. The van der Waals surface area contributed by atoms with Gasteiger partial charge in [-0.3, -0.25) is 0 Å². The average Bonchev–Trinajstić information content (AvgIpc) is 3.00. The van der Waals surface area contributed by atoms with E-state index in [1.807, 2.05) is 0 Å². The van der Waals surface area contributed by atoms with Crippen molar-refractivity contribution >= 4 is 0 Å². The molecular formula is C24H40N2. The summed E-state index contributed by atoms with van der Waals surface area (Å²) in [6.07, 6.45) is 19.0. The molecule has 0 N–H and O–H groups in total. The normalized spacial score (nSPS) is 20.8. The first kappa shape index (κ1) is 20.9. The molecule has 2 heterocycles. The molecule has 0 spiro atoms. The fourth-order valence-electron chi connectivity index (χ4n) is 3.82. The van der Waals surface area contributed by atoms with Crippen molar-refractivity contribution < 1.29 is 0 Å². The highest BCUT2D eigenvalue weighted by molar-refractivity contribution is 5.22. The minimum Gasteiger partial charge on any atom is -0.374 e. The van der Waals surface area contributed by atoms with Crippen molar-refractivity contribution in [2.45, 2.75) is 79.3 Å². The largest absolute Gasteiger partial charge is 0.374 e. The van der Waals surface area contributed by atoms with E-state index in [4.69, 9.17) is 0 Å². The maximum Gasteiger partial charge on any atom is 0.0359 e. The molecule has 0 radical (unpaired) electrons. The quantitative estimate of drug-likeness (QED) is 0.505. The van der Waals surface area contributed by atoms with Crippen molar-refractivity contribution in [3.05, 3.63) is 47.9 Å². The fraction of sp³-hybridized carbons (Fsp3) is 0.667. The van der Waals surface area contributed by atoms with E-state index < -0.39 is 0 Å². The molecule has 0 saturated carbocycles. The first-order chi connectivity index (χ1) is 12.4. The third kappa shape index (κ3) is 6.07. The van der Waals surface area contributed by atoms with E-state index in [1.54, 1.807) is 5.57 Å². The number of nitrogens with zero attached hydrogens (tertiary/aromatic N) is 2. The average molecular weight is 357 g/mol. The molecule has 2 rings (SSSR count). The summed E-state index contributed by atoms with van der Waals surface area (Å²) in [4.78, 5) is 4.96. The summed E-state index contributed by atoms with van der Waals surface area (Å²) in [6, 6.07) is 1.19. The van der Waals surface area contributed by atoms with Gasteiger partial charge in [-0.25, -0.2) is 0 Å². The maximum absolute atomic E-state index is 2.54. The van der Waals surface area contributed by atoms with Gasteiger partial charge in [0.15, 0.2) is 0 Å². The molecule has 0 saturated heterocycles. The van der Waals surface area contributed by atoms with Gasteiger partial charge in [-0.15, -0.1) is 0 Å². The Morgan fingerprint density at radius 2 is 1.69 bits per heavy atom. The molecule has 146 valence electrons. The fourth-order valence-corrected chi connectivity index (χ4v) is 3.82. The van der Waals surface area contributed by atoms with Crippen molar-refractivity contribution in [3.63, 3.8) is 0 Å². The van der Waals surface area contributed by atoms with E-state index >= 15 is 0 Å². The van der Waals surface area contributed by atoms with E-state index in [2.05, 4.69) is 88.0 Å². The van der Waals surface area contributed by atoms with Gasteiger partial charge >= 0.3 is 0 Å². The Balaban J connectivity index is 1.84. The van der Waals surface area contributed by atoms with Gasteiger partial charge in [0.2, 0.25) is 0 Å². The standard InChI is InChI=1S/C24H40N2/c1-19(2)23-9-7-16-26(18-13-23)22(6)12-11-21(5)24-10-8-15-25(17-14-24)20(3)4/h8-9,13-15,18-22H,7,10-12,16-17H2,1-6H3. The highest BCUT2D eigenvalue weighted by Crippen LogP contribution is 2.25. The minimum atomic E-state index is 0.580. The predicted octanol–water partition coefficient (Wildman–Crippen LogP) is 6.15. The molecule has 0 bridgehead atoms. The van der Waals surface area contributed by atoms with Crippen LogP contribution in [0.4, 0.5) is 0 Å². The lowest BCUT2D eigenvalue weighted by atomic mass is 9.91. The van der Waals surface area contributed by atoms with Gasteiger partial charge in [0.05, 0.1) is 0 Å². The van der Waals surface area contributed by atoms with Crippen LogP contribution in [-0.2, 0) is 0 Å². The van der Waals surface area contributed by atoms with Crippen LogP contribution in [0.5, 0.6) is 0 Å². The van der Waals surface area contributed by atoms with Crippen LogP contribution in [0, 0.1) is 11.8 Å². The second-order valence-corrected chi connectivity index (χ2v) is 8.69. The van der Waals surface area contributed by atoms with Crippen LogP contribution in [-0.4, -0.2) is 35.0 Å². The summed E-state index contributed by atoms with van der Waals surface area (Å²) in [5.41, 5.74) is 3.10. The molecule has 0 aromatic rings. The predicted molar refractivity (Wildman–Crippen MR) is 115 cm³/mol. The molecule has 2 aliphatic rings. The number of hydrogen-bond donors (Lipinski definition) is 0. The maximum atomic E-state index is 2.54. The topological polar surface area (TPSA) is 6.48 Å². The van der Waals surface area contributed by atoms with E-state index in [1.165, 1.54) is 24.8 Å². The van der Waals surface area contributed by atoms with Crippen molar-refractivity contribution in [1.82, 2.24) is 9.80 Å². The van der Waals surface area contributed by atoms with Crippen LogP contribution < -0.4 is 0 Å². The zero-order valence-electron chi connectivity index (χ0n) is 17.9. The second kappa shape index (κ2) is 10.0. The molecule has 0 fully saturated rings. The molecule has 2 atom stereocenters. The Bertz CT molecular complexity index is 551. The van der Waals surface area contributed by atoms with Gasteiger partial charge in [0.25, 0.3) is 0 Å². The molecule has 2 nitrogen and oxygen atoms in total. The first-order valence-electron chi connectivity index (χ1n) is 10.6. The summed E-state index contributed by atoms with van der Waals surface area (Å²) in [7, 11) is 0. The van der Waals surface area contributed by atoms with Crippen LogP contribution in [0.2, 0.25) is 0 Å². The summed E-state index contributed by atoms with van der Waals surface area (Å²) in [6.45, 7) is 16.1. The third-order valence-electron chi connectivity index (χ3n) is 5.99. The summed E-state index contributed by atoms with van der Waals surface area (Å²) < 4.78 is 0. The smallest absolute Gasteiger partial charge is 0.0359 e. The molecule has 0 amide bonds. The molecular weight excluding hydrogens is 316 g/mol. The lowest BCUT2D eigenvalue weighted by Gasteiger charge is -2.28. The summed E-state index contributed by atoms with van der Waals surface area (Å²) in [5, 5.41) is 0. The molecule has 0 aliphatic carbocycles.